The quantitative estimate of drug-likeness (QED) is 0.242. The number of rotatable bonds is 4. The molecule has 0 saturated heterocycles. The number of benzene rings is 5. The maximum Gasteiger partial charge on any atom is 0.126 e. The van der Waals surface area contributed by atoms with E-state index in [1.54, 1.807) is 12.1 Å². The van der Waals surface area contributed by atoms with Gasteiger partial charge in [-0.05, 0) is 94.0 Å². The van der Waals surface area contributed by atoms with E-state index < -0.39 is 11.6 Å². The van der Waals surface area contributed by atoms with Crippen LogP contribution in [0.15, 0.2) is 109 Å². The molecule has 0 saturated carbocycles. The number of nitrogens with zero attached hydrogens (tertiary/aromatic N) is 1. The van der Waals surface area contributed by atoms with Gasteiger partial charge in [0.25, 0.3) is 0 Å². The van der Waals surface area contributed by atoms with E-state index >= 15 is 0 Å². The minimum atomic E-state index is -0.629. The van der Waals surface area contributed by atoms with Gasteiger partial charge >= 0.3 is 0 Å². The van der Waals surface area contributed by atoms with Crippen LogP contribution in [0, 0.1) is 17.5 Å². The highest BCUT2D eigenvalue weighted by molar-refractivity contribution is 5.86. The van der Waals surface area contributed by atoms with Gasteiger partial charge < -0.3 is 4.90 Å². The molecule has 0 spiro atoms. The van der Waals surface area contributed by atoms with Crippen LogP contribution in [-0.2, 0) is 5.41 Å². The molecule has 0 unspecified atom stereocenters. The highest BCUT2D eigenvalue weighted by Crippen LogP contribution is 2.50. The molecule has 182 valence electrons. The Bertz CT molecular complexity index is 1620. The van der Waals surface area contributed by atoms with Crippen LogP contribution in [0.4, 0.5) is 30.2 Å². The van der Waals surface area contributed by atoms with E-state index in [0.29, 0.717) is 11.1 Å². The minimum Gasteiger partial charge on any atom is -0.310 e. The molecule has 0 aliphatic heterocycles. The molecule has 1 aliphatic rings. The van der Waals surface area contributed by atoms with Crippen LogP contribution in [-0.4, -0.2) is 0 Å². The molecule has 37 heavy (non-hydrogen) atoms. The zero-order chi connectivity index (χ0) is 25.7. The zero-order valence-corrected chi connectivity index (χ0v) is 20.5. The Hall–Kier alpha value is -4.31. The van der Waals surface area contributed by atoms with Gasteiger partial charge in [-0.3, -0.25) is 0 Å². The lowest BCUT2D eigenvalue weighted by molar-refractivity contribution is 0.584. The van der Waals surface area contributed by atoms with Crippen molar-refractivity contribution in [1.82, 2.24) is 0 Å². The van der Waals surface area contributed by atoms with Crippen LogP contribution in [0.25, 0.3) is 22.3 Å². The average molecular weight is 492 g/mol. The molecule has 5 aromatic carbocycles. The van der Waals surface area contributed by atoms with Gasteiger partial charge in [-0.15, -0.1) is 0 Å². The first-order valence-corrected chi connectivity index (χ1v) is 12.2. The van der Waals surface area contributed by atoms with Gasteiger partial charge in [0.15, 0.2) is 0 Å². The lowest BCUT2D eigenvalue weighted by Gasteiger charge is -2.28. The summed E-state index contributed by atoms with van der Waals surface area (Å²) in [4.78, 5) is 2.04. The topological polar surface area (TPSA) is 3.24 Å². The lowest BCUT2D eigenvalue weighted by atomic mass is 9.82. The molecule has 0 amide bonds. The summed E-state index contributed by atoms with van der Waals surface area (Å²) in [7, 11) is 0. The molecular formula is C33H24F3N. The molecule has 0 heterocycles. The third-order valence-corrected chi connectivity index (χ3v) is 7.21. The SMILES string of the molecule is CC1(C)c2ccccc2-c2ccc(N(c3ccc(F)cc3)c3cccc(-c4cc(F)cc(F)c4)c3)cc21. The molecule has 0 radical (unpaired) electrons. The molecule has 6 rings (SSSR count). The molecular weight excluding hydrogens is 467 g/mol. The first-order chi connectivity index (χ1) is 17.8. The third kappa shape index (κ3) is 3.99. The molecule has 1 nitrogen and oxygen atoms in total. The molecule has 0 N–H and O–H groups in total. The highest BCUT2D eigenvalue weighted by atomic mass is 19.1. The lowest BCUT2D eigenvalue weighted by Crippen LogP contribution is -2.16. The molecule has 5 aromatic rings. The molecule has 0 fully saturated rings. The summed E-state index contributed by atoms with van der Waals surface area (Å²) in [6.07, 6.45) is 0. The summed E-state index contributed by atoms with van der Waals surface area (Å²) < 4.78 is 41.8. The van der Waals surface area contributed by atoms with Gasteiger partial charge in [0.2, 0.25) is 0 Å². The second-order valence-electron chi connectivity index (χ2n) is 9.92. The molecule has 1 aliphatic carbocycles. The predicted molar refractivity (Wildman–Crippen MR) is 144 cm³/mol. The van der Waals surface area contributed by atoms with Crippen molar-refractivity contribution in [2.75, 3.05) is 4.90 Å². The summed E-state index contributed by atoms with van der Waals surface area (Å²) in [6.45, 7) is 4.45. The largest absolute Gasteiger partial charge is 0.310 e. The van der Waals surface area contributed by atoms with Crippen molar-refractivity contribution in [3.05, 3.63) is 138 Å². The Morgan fingerprint density at radius 2 is 1.14 bits per heavy atom. The highest BCUT2D eigenvalue weighted by Gasteiger charge is 2.35. The smallest absolute Gasteiger partial charge is 0.126 e. The normalized spacial score (nSPS) is 13.2. The van der Waals surface area contributed by atoms with Crippen molar-refractivity contribution >= 4 is 17.1 Å². The van der Waals surface area contributed by atoms with E-state index in [4.69, 9.17) is 0 Å². The second kappa shape index (κ2) is 8.67. The maximum atomic E-state index is 14.0. The van der Waals surface area contributed by atoms with E-state index in [-0.39, 0.29) is 11.2 Å². The predicted octanol–water partition coefficient (Wildman–Crippen LogP) is 9.55. The number of anilines is 3. The molecule has 4 heteroatoms. The zero-order valence-electron chi connectivity index (χ0n) is 20.5. The Morgan fingerprint density at radius 1 is 0.486 bits per heavy atom. The Labute approximate surface area is 214 Å². The van der Waals surface area contributed by atoms with Crippen molar-refractivity contribution in [3.63, 3.8) is 0 Å². The van der Waals surface area contributed by atoms with Crippen LogP contribution in [0.1, 0.15) is 25.0 Å². The van der Waals surface area contributed by atoms with Gasteiger partial charge in [0.05, 0.1) is 0 Å². The number of hydrogen-bond acceptors (Lipinski definition) is 1. The van der Waals surface area contributed by atoms with Crippen molar-refractivity contribution in [1.29, 1.82) is 0 Å². The first-order valence-electron chi connectivity index (χ1n) is 12.2. The van der Waals surface area contributed by atoms with Crippen molar-refractivity contribution < 1.29 is 13.2 Å². The average Bonchev–Trinajstić information content (AvgIpc) is 3.12. The summed E-state index contributed by atoms with van der Waals surface area (Å²) in [5.74, 6) is -1.58. The van der Waals surface area contributed by atoms with Gasteiger partial charge in [0, 0.05) is 28.5 Å². The van der Waals surface area contributed by atoms with Crippen LogP contribution in [0.3, 0.4) is 0 Å². The fourth-order valence-electron chi connectivity index (χ4n) is 5.41. The van der Waals surface area contributed by atoms with Gasteiger partial charge in [-0.25, -0.2) is 13.2 Å². The molecule has 0 aromatic heterocycles. The Kier molecular flexibility index (Phi) is 5.41. The fourth-order valence-corrected chi connectivity index (χ4v) is 5.41. The number of fused-ring (bicyclic) bond motifs is 3. The maximum absolute atomic E-state index is 14.0. The number of halogens is 3. The second-order valence-corrected chi connectivity index (χ2v) is 9.92. The van der Waals surface area contributed by atoms with Crippen molar-refractivity contribution in [2.45, 2.75) is 19.3 Å². The summed E-state index contributed by atoms with van der Waals surface area (Å²) in [5, 5.41) is 0. The van der Waals surface area contributed by atoms with Crippen molar-refractivity contribution in [3.8, 4) is 22.3 Å². The summed E-state index contributed by atoms with van der Waals surface area (Å²) >= 11 is 0. The first kappa shape index (κ1) is 23.1. The third-order valence-electron chi connectivity index (χ3n) is 7.21. The van der Waals surface area contributed by atoms with Crippen LogP contribution < -0.4 is 4.90 Å². The monoisotopic (exact) mass is 491 g/mol. The van der Waals surface area contributed by atoms with Gasteiger partial charge in [-0.2, -0.15) is 0 Å². The number of hydrogen-bond donors (Lipinski definition) is 0. The molecule has 0 bridgehead atoms. The van der Waals surface area contributed by atoms with E-state index in [1.165, 1.54) is 46.5 Å². The van der Waals surface area contributed by atoms with Crippen LogP contribution >= 0.6 is 0 Å². The van der Waals surface area contributed by atoms with Crippen molar-refractivity contribution in [2.24, 2.45) is 0 Å². The summed E-state index contributed by atoms with van der Waals surface area (Å²) in [5.41, 5.74) is 8.35. The van der Waals surface area contributed by atoms with E-state index in [9.17, 15) is 13.2 Å². The van der Waals surface area contributed by atoms with E-state index in [0.717, 1.165) is 23.1 Å². The van der Waals surface area contributed by atoms with Gasteiger partial charge in [0.1, 0.15) is 17.5 Å². The molecule has 0 atom stereocenters. The summed E-state index contributed by atoms with van der Waals surface area (Å²) in [6, 6.07) is 32.2. The van der Waals surface area contributed by atoms with Gasteiger partial charge in [-0.1, -0.05) is 56.3 Å². The standard InChI is InChI=1S/C33H24F3N/c1-33(2)31-9-4-3-8-29(31)30-15-14-28(20-32(30)33)37(26-12-10-23(34)11-13-26)27-7-5-6-21(18-27)22-16-24(35)19-25(36)17-22/h3-20H,1-2H3. The van der Waals surface area contributed by atoms with E-state index in [1.807, 2.05) is 29.2 Å². The van der Waals surface area contributed by atoms with Crippen LogP contribution in [0.5, 0.6) is 0 Å². The van der Waals surface area contributed by atoms with Crippen LogP contribution in [0.2, 0.25) is 0 Å². The fraction of sp³-hybridized carbons (Fsp3) is 0.0909. The minimum absolute atomic E-state index is 0.183. The van der Waals surface area contributed by atoms with E-state index in [2.05, 4.69) is 56.3 Å². The Morgan fingerprint density at radius 3 is 1.89 bits per heavy atom. The Balaban J connectivity index is 1.52.